The molecule has 0 unspecified atom stereocenters. The predicted molar refractivity (Wildman–Crippen MR) is 68.0 cm³/mol. The molecular weight excluding hydrogens is 244 g/mol. The van der Waals surface area contributed by atoms with Crippen LogP contribution < -0.4 is 0 Å². The van der Waals surface area contributed by atoms with Crippen LogP contribution in [0.2, 0.25) is 0 Å². The van der Waals surface area contributed by atoms with E-state index >= 15 is 0 Å². The van der Waals surface area contributed by atoms with Crippen molar-refractivity contribution in [2.45, 2.75) is 38.1 Å². The van der Waals surface area contributed by atoms with Crippen LogP contribution in [0.3, 0.4) is 0 Å². The summed E-state index contributed by atoms with van der Waals surface area (Å²) in [6.45, 7) is 5.14. The highest BCUT2D eigenvalue weighted by molar-refractivity contribution is 5.66. The molecule has 2 bridgehead atoms. The Morgan fingerprint density at radius 2 is 1.89 bits per heavy atom. The zero-order chi connectivity index (χ0) is 13.7. The van der Waals surface area contributed by atoms with E-state index in [1.807, 2.05) is 43.3 Å². The maximum Gasteiger partial charge on any atom is 0.303 e. The van der Waals surface area contributed by atoms with E-state index < -0.39 is 17.3 Å². The highest BCUT2D eigenvalue weighted by atomic mass is 17.2. The summed E-state index contributed by atoms with van der Waals surface area (Å²) in [7, 11) is 0. The molecule has 19 heavy (non-hydrogen) atoms. The monoisotopic (exact) mass is 260 g/mol. The number of rotatable bonds is 2. The van der Waals surface area contributed by atoms with Crippen molar-refractivity contribution in [1.82, 2.24) is 0 Å². The van der Waals surface area contributed by atoms with Gasteiger partial charge in [-0.2, -0.15) is 0 Å². The lowest BCUT2D eigenvalue weighted by Crippen LogP contribution is -2.52. The third-order valence-corrected chi connectivity index (χ3v) is 3.83. The lowest BCUT2D eigenvalue weighted by atomic mass is 9.74. The summed E-state index contributed by atoms with van der Waals surface area (Å²) in [4.78, 5) is 22.3. The van der Waals surface area contributed by atoms with Gasteiger partial charge in [0, 0.05) is 12.5 Å². The van der Waals surface area contributed by atoms with Crippen LogP contribution in [0.15, 0.2) is 36.4 Å². The fourth-order valence-corrected chi connectivity index (χ4v) is 2.78. The molecule has 100 valence electrons. The topological polar surface area (TPSA) is 44.8 Å². The Kier molecular flexibility index (Phi) is 2.56. The minimum Gasteiger partial charge on any atom is -0.459 e. The molecule has 0 saturated heterocycles. The van der Waals surface area contributed by atoms with E-state index in [1.54, 1.807) is 6.92 Å². The Morgan fingerprint density at radius 3 is 2.47 bits per heavy atom. The van der Waals surface area contributed by atoms with Crippen LogP contribution in [0.4, 0.5) is 0 Å². The molecule has 0 spiro atoms. The van der Waals surface area contributed by atoms with E-state index in [9.17, 15) is 4.79 Å². The third kappa shape index (κ3) is 1.64. The van der Waals surface area contributed by atoms with Gasteiger partial charge in [0.05, 0.1) is 0 Å². The largest absolute Gasteiger partial charge is 0.459 e. The zero-order valence-corrected chi connectivity index (χ0v) is 11.2. The number of carbonyl (C=O) groups excluding carboxylic acids is 1. The van der Waals surface area contributed by atoms with Gasteiger partial charge in [0.2, 0.25) is 0 Å². The quantitative estimate of drug-likeness (QED) is 0.466. The molecule has 1 aromatic rings. The summed E-state index contributed by atoms with van der Waals surface area (Å²) < 4.78 is 5.30. The molecule has 2 heterocycles. The second kappa shape index (κ2) is 3.92. The molecule has 4 nitrogen and oxygen atoms in total. The summed E-state index contributed by atoms with van der Waals surface area (Å²) in [5.74, 6) is -0.338. The fourth-order valence-electron chi connectivity index (χ4n) is 2.78. The third-order valence-electron chi connectivity index (χ3n) is 3.83. The van der Waals surface area contributed by atoms with Crippen molar-refractivity contribution in [3.8, 4) is 0 Å². The van der Waals surface area contributed by atoms with Gasteiger partial charge in [-0.25, -0.2) is 9.78 Å². The molecule has 4 rings (SSSR count). The molecule has 2 aliphatic heterocycles. The minimum atomic E-state index is -0.861. The molecule has 0 N–H and O–H groups in total. The molecule has 0 saturated carbocycles. The molecule has 1 aromatic carbocycles. The average molecular weight is 260 g/mol. The van der Waals surface area contributed by atoms with Crippen LogP contribution in [0.25, 0.3) is 0 Å². The van der Waals surface area contributed by atoms with E-state index in [0.29, 0.717) is 0 Å². The zero-order valence-electron chi connectivity index (χ0n) is 11.2. The lowest BCUT2D eigenvalue weighted by molar-refractivity contribution is -0.430. The van der Waals surface area contributed by atoms with Gasteiger partial charge >= 0.3 is 5.97 Å². The minimum absolute atomic E-state index is 0.338. The predicted octanol–water partition coefficient (Wildman–Crippen LogP) is 2.58. The summed E-state index contributed by atoms with van der Waals surface area (Å²) in [6, 6.07) is 7.91. The smallest absolute Gasteiger partial charge is 0.303 e. The van der Waals surface area contributed by atoms with Crippen molar-refractivity contribution in [1.29, 1.82) is 0 Å². The second-order valence-corrected chi connectivity index (χ2v) is 5.20. The van der Waals surface area contributed by atoms with Gasteiger partial charge in [-0.05, 0) is 31.6 Å². The molecule has 0 aromatic heterocycles. The van der Waals surface area contributed by atoms with Gasteiger partial charge in [0.1, 0.15) is 11.7 Å². The van der Waals surface area contributed by atoms with E-state index in [0.717, 1.165) is 11.1 Å². The average Bonchev–Trinajstić information content (AvgIpc) is 2.39. The number of fused-ring (bicyclic) bond motifs is 1. The summed E-state index contributed by atoms with van der Waals surface area (Å²) in [5, 5.41) is 0. The number of hydrogen-bond donors (Lipinski definition) is 0. The SMILES string of the molecule is CC(=O)O[C@H](C)[C@]12C=C[C@](C)(OO1)c1ccccc12. The number of carbonyl (C=O) groups is 1. The first-order valence-electron chi connectivity index (χ1n) is 6.32. The standard InChI is InChI=1S/C15H16O4/c1-10(17-11(2)16)15-9-8-14(3,18-19-15)12-6-4-5-7-13(12)15/h4-10H,1-3H3/t10-,14+,15+/m1/s1. The number of hydrogen-bond acceptors (Lipinski definition) is 4. The Morgan fingerprint density at radius 1 is 1.21 bits per heavy atom. The van der Waals surface area contributed by atoms with Gasteiger partial charge in [0.25, 0.3) is 0 Å². The first-order valence-corrected chi connectivity index (χ1v) is 6.32. The van der Waals surface area contributed by atoms with Crippen molar-refractivity contribution in [2.24, 2.45) is 0 Å². The molecule has 3 atom stereocenters. The van der Waals surface area contributed by atoms with E-state index in [2.05, 4.69) is 0 Å². The highest BCUT2D eigenvalue weighted by Crippen LogP contribution is 2.50. The van der Waals surface area contributed by atoms with E-state index in [-0.39, 0.29) is 5.97 Å². The van der Waals surface area contributed by atoms with Crippen molar-refractivity contribution >= 4 is 5.97 Å². The van der Waals surface area contributed by atoms with Gasteiger partial charge in [-0.1, -0.05) is 24.3 Å². The van der Waals surface area contributed by atoms with Crippen molar-refractivity contribution in [3.63, 3.8) is 0 Å². The first-order chi connectivity index (χ1) is 8.98. The van der Waals surface area contributed by atoms with Crippen LogP contribution >= 0.6 is 0 Å². The normalized spacial score (nSPS) is 32.8. The maximum absolute atomic E-state index is 11.2. The number of ether oxygens (including phenoxy) is 1. The second-order valence-electron chi connectivity index (χ2n) is 5.20. The van der Waals surface area contributed by atoms with E-state index in [4.69, 9.17) is 14.5 Å². The molecule has 1 aliphatic carbocycles. The van der Waals surface area contributed by atoms with Crippen molar-refractivity contribution in [3.05, 3.63) is 47.5 Å². The number of benzene rings is 1. The Labute approximate surface area is 111 Å². The maximum atomic E-state index is 11.2. The summed E-state index contributed by atoms with van der Waals surface area (Å²) in [5.41, 5.74) is 0.594. The van der Waals surface area contributed by atoms with Gasteiger partial charge in [-0.3, -0.25) is 4.79 Å². The van der Waals surface area contributed by atoms with Crippen LogP contribution in [-0.2, 0) is 30.5 Å². The molecule has 0 fully saturated rings. The summed E-state index contributed by atoms with van der Waals surface area (Å²) in [6.07, 6.45) is 3.41. The Bertz CT molecular complexity index is 565. The van der Waals surface area contributed by atoms with Crippen LogP contribution in [0.5, 0.6) is 0 Å². The number of esters is 1. The van der Waals surface area contributed by atoms with Crippen molar-refractivity contribution in [2.75, 3.05) is 0 Å². The summed E-state index contributed by atoms with van der Waals surface area (Å²) >= 11 is 0. The van der Waals surface area contributed by atoms with Crippen LogP contribution in [-0.4, -0.2) is 12.1 Å². The Balaban J connectivity index is 2.12. The molecule has 3 aliphatic rings. The molecule has 0 amide bonds. The van der Waals surface area contributed by atoms with Gasteiger partial charge in [-0.15, -0.1) is 0 Å². The molecule has 4 heteroatoms. The molecular formula is C15H16O4. The van der Waals surface area contributed by atoms with Crippen LogP contribution in [0, 0.1) is 0 Å². The fraction of sp³-hybridized carbons (Fsp3) is 0.400. The van der Waals surface area contributed by atoms with E-state index in [1.165, 1.54) is 6.92 Å². The van der Waals surface area contributed by atoms with Crippen LogP contribution in [0.1, 0.15) is 31.9 Å². The highest BCUT2D eigenvalue weighted by Gasteiger charge is 2.53. The molecule has 0 radical (unpaired) electrons. The lowest BCUT2D eigenvalue weighted by Gasteiger charge is -2.48. The Hall–Kier alpha value is -1.65. The van der Waals surface area contributed by atoms with Crippen molar-refractivity contribution < 1.29 is 19.3 Å². The first kappa shape index (κ1) is 12.4. The van der Waals surface area contributed by atoms with Gasteiger partial charge < -0.3 is 4.74 Å². The van der Waals surface area contributed by atoms with Gasteiger partial charge in [0.15, 0.2) is 5.60 Å².